The number of pyridine rings is 1. The van der Waals surface area contributed by atoms with Gasteiger partial charge < -0.3 is 29.0 Å². The zero-order valence-corrected chi connectivity index (χ0v) is 39.0. The number of nitrogens with zero attached hydrogens (tertiary/aromatic N) is 3. The zero-order chi connectivity index (χ0) is 46.2. The van der Waals surface area contributed by atoms with Crippen LogP contribution in [0.3, 0.4) is 0 Å². The molecule has 1 aliphatic heterocycles. The number of methoxy groups -OCH3 is 2. The van der Waals surface area contributed by atoms with Crippen molar-refractivity contribution in [2.75, 3.05) is 38.8 Å². The molecule has 3 aliphatic carbocycles. The SMILES string of the molecule is COc1ccc(CN(Cc2ccc(OC)cc2)S(=O)(=O)[C@H](C)[C@@H](C)[C@H]2C=C(C(OC(C)=O)[C@@H]3CC[C@H]3CN3C[C@@]4(CCCc5c4ccc(Cl)c5F)COc4ccc(C(=O)O)nc43)C2)cc1. The number of rotatable bonds is 16. The van der Waals surface area contributed by atoms with Crippen molar-refractivity contribution in [1.29, 1.82) is 0 Å². The number of sulfonamides is 1. The molecular formula is C50H57ClFN3O9S. The summed E-state index contributed by atoms with van der Waals surface area (Å²) in [5, 5.41) is 9.29. The first-order valence-electron chi connectivity index (χ1n) is 22.3. The molecular weight excluding hydrogens is 873 g/mol. The lowest BCUT2D eigenvalue weighted by atomic mass is 9.64. The van der Waals surface area contributed by atoms with Crippen LogP contribution in [-0.4, -0.2) is 80.0 Å². The van der Waals surface area contributed by atoms with Crippen LogP contribution in [0.5, 0.6) is 17.2 Å². The Morgan fingerprint density at radius 1 is 0.985 bits per heavy atom. The molecule has 1 saturated carbocycles. The first kappa shape index (κ1) is 46.4. The third-order valence-corrected chi connectivity index (χ3v) is 17.0. The summed E-state index contributed by atoms with van der Waals surface area (Å²) < 4.78 is 69.5. The van der Waals surface area contributed by atoms with E-state index in [-0.39, 0.29) is 54.1 Å². The Kier molecular flexibility index (Phi) is 13.5. The van der Waals surface area contributed by atoms with Crippen LogP contribution < -0.4 is 19.1 Å². The van der Waals surface area contributed by atoms with Crippen molar-refractivity contribution in [3.8, 4) is 17.2 Å². The van der Waals surface area contributed by atoms with Crippen molar-refractivity contribution in [3.63, 3.8) is 0 Å². The van der Waals surface area contributed by atoms with Crippen molar-refractivity contribution in [2.24, 2.45) is 23.7 Å². The van der Waals surface area contributed by atoms with E-state index in [0.717, 1.165) is 47.9 Å². The molecule has 12 nitrogen and oxygen atoms in total. The number of halogens is 2. The van der Waals surface area contributed by atoms with E-state index in [2.05, 4.69) is 16.0 Å². The molecule has 0 saturated heterocycles. The van der Waals surface area contributed by atoms with Crippen molar-refractivity contribution in [2.45, 2.75) is 89.2 Å². The molecule has 3 aromatic carbocycles. The van der Waals surface area contributed by atoms with Gasteiger partial charge in [0, 0.05) is 44.4 Å². The molecule has 4 aliphatic rings. The van der Waals surface area contributed by atoms with Crippen LogP contribution in [-0.2, 0) is 44.5 Å². The molecule has 1 aromatic heterocycles. The monoisotopic (exact) mass is 929 g/mol. The summed E-state index contributed by atoms with van der Waals surface area (Å²) in [6.07, 6.45) is 5.81. The molecule has 1 fully saturated rings. The summed E-state index contributed by atoms with van der Waals surface area (Å²) in [6, 6.07) is 21.4. The maximum Gasteiger partial charge on any atom is 0.354 e. The van der Waals surface area contributed by atoms with E-state index in [1.54, 1.807) is 37.6 Å². The normalized spacial score (nSPS) is 22.7. The summed E-state index contributed by atoms with van der Waals surface area (Å²) >= 11 is 6.26. The van der Waals surface area contributed by atoms with Crippen LogP contribution in [0.2, 0.25) is 5.02 Å². The Hall–Kier alpha value is -5.18. The summed E-state index contributed by atoms with van der Waals surface area (Å²) in [4.78, 5) is 31.6. The quantitative estimate of drug-likeness (QED) is 0.0849. The molecule has 15 heteroatoms. The van der Waals surface area contributed by atoms with E-state index in [1.165, 1.54) is 13.0 Å². The number of carbonyl (C=O) groups is 2. The average molecular weight is 931 g/mol. The number of aromatic carboxylic acids is 1. The first-order valence-corrected chi connectivity index (χ1v) is 24.2. The van der Waals surface area contributed by atoms with Gasteiger partial charge in [0.25, 0.3) is 0 Å². The van der Waals surface area contributed by atoms with Gasteiger partial charge in [0.2, 0.25) is 10.0 Å². The van der Waals surface area contributed by atoms with Gasteiger partial charge in [0.05, 0.1) is 31.1 Å². The van der Waals surface area contributed by atoms with Gasteiger partial charge in [-0.2, -0.15) is 4.31 Å². The third kappa shape index (κ3) is 9.44. The van der Waals surface area contributed by atoms with E-state index in [9.17, 15) is 23.1 Å². The number of carboxylic acid groups (broad SMARTS) is 1. The molecule has 65 heavy (non-hydrogen) atoms. The van der Waals surface area contributed by atoms with Gasteiger partial charge in [0.15, 0.2) is 17.3 Å². The summed E-state index contributed by atoms with van der Waals surface area (Å²) in [5.74, 6) is -0.0825. The number of anilines is 1. The second-order valence-electron chi connectivity index (χ2n) is 18.2. The highest BCUT2D eigenvalue weighted by Crippen LogP contribution is 2.49. The number of hydrogen-bond acceptors (Lipinski definition) is 10. The van der Waals surface area contributed by atoms with Gasteiger partial charge in [-0.05, 0) is 133 Å². The van der Waals surface area contributed by atoms with E-state index >= 15 is 4.39 Å². The van der Waals surface area contributed by atoms with Crippen LogP contribution in [0.15, 0.2) is 84.4 Å². The molecule has 0 radical (unpaired) electrons. The highest BCUT2D eigenvalue weighted by Gasteiger charge is 2.48. The molecule has 4 aromatic rings. The van der Waals surface area contributed by atoms with E-state index in [4.69, 9.17) is 30.5 Å². The van der Waals surface area contributed by atoms with Crippen LogP contribution >= 0.6 is 11.6 Å². The van der Waals surface area contributed by atoms with E-state index < -0.39 is 44.5 Å². The number of allylic oxidation sites excluding steroid dienone is 1. The van der Waals surface area contributed by atoms with Gasteiger partial charge in [-0.15, -0.1) is 0 Å². The number of hydrogen-bond donors (Lipinski definition) is 1. The second kappa shape index (κ2) is 19.0. The third-order valence-electron chi connectivity index (χ3n) is 14.4. The Morgan fingerprint density at radius 3 is 2.20 bits per heavy atom. The maximum atomic E-state index is 15.5. The topological polar surface area (TPSA) is 145 Å². The van der Waals surface area contributed by atoms with Crippen molar-refractivity contribution in [3.05, 3.63) is 123 Å². The minimum Gasteiger partial charge on any atom is -0.497 e. The van der Waals surface area contributed by atoms with Gasteiger partial charge in [0.1, 0.15) is 23.4 Å². The molecule has 1 N–H and O–H groups in total. The summed E-state index contributed by atoms with van der Waals surface area (Å²) in [5.41, 5.74) is 3.33. The van der Waals surface area contributed by atoms with Crippen LogP contribution in [0, 0.1) is 29.5 Å². The number of ether oxygens (including phenoxy) is 4. The predicted octanol–water partition coefficient (Wildman–Crippen LogP) is 9.02. The van der Waals surface area contributed by atoms with Crippen molar-refractivity contribution < 1.29 is 46.5 Å². The van der Waals surface area contributed by atoms with Crippen LogP contribution in [0.25, 0.3) is 0 Å². The fourth-order valence-electron chi connectivity index (χ4n) is 10.3. The van der Waals surface area contributed by atoms with E-state index in [1.807, 2.05) is 61.5 Å². The van der Waals surface area contributed by atoms with E-state index in [0.29, 0.717) is 54.6 Å². The fourth-order valence-corrected chi connectivity index (χ4v) is 12.3. The van der Waals surface area contributed by atoms with Crippen LogP contribution in [0.1, 0.15) is 85.6 Å². The van der Waals surface area contributed by atoms with Crippen molar-refractivity contribution >= 4 is 39.4 Å². The number of carbonyl (C=O) groups excluding carboxylic acids is 1. The Morgan fingerprint density at radius 2 is 1.63 bits per heavy atom. The largest absolute Gasteiger partial charge is 0.497 e. The van der Waals surface area contributed by atoms with Gasteiger partial charge in [-0.1, -0.05) is 54.9 Å². The second-order valence-corrected chi connectivity index (χ2v) is 20.9. The Balaban J connectivity index is 1.02. The molecule has 0 bridgehead atoms. The molecule has 2 heterocycles. The number of esters is 1. The standard InChI is InChI=1S/C50H57ClFN3O9S/c1-30(31(2)65(59,60)55(25-33-8-13-38(61-4)14-9-33)26-34-10-15-39(62-5)16-11-34)36-23-37(24-36)47(64-32(3)56)40-17-12-35(40)27-54-28-50(22-6-7-41-42(50)18-19-43(51)46(41)52)29-63-45-21-20-44(49(57)58)53-48(45)54/h8-11,13-16,18-21,23,30-31,35-36,40,47H,6-7,12,17,22,24-29H2,1-5H3,(H,57,58)/t30-,31-,35+,36+,40-,47?,50+/m1/s1. The van der Waals surface area contributed by atoms with Gasteiger partial charge in [-0.25, -0.2) is 22.6 Å². The predicted molar refractivity (Wildman–Crippen MR) is 246 cm³/mol. The first-order chi connectivity index (χ1) is 31.1. The minimum absolute atomic E-state index is 0.0313. The number of fused-ring (bicyclic) bond motifs is 3. The molecule has 7 atom stereocenters. The minimum atomic E-state index is -3.84. The summed E-state index contributed by atoms with van der Waals surface area (Å²) in [6.45, 7) is 6.66. The zero-order valence-electron chi connectivity index (χ0n) is 37.5. The Bertz CT molecular complexity index is 2510. The lowest BCUT2D eigenvalue weighted by Gasteiger charge is -2.48. The Labute approximate surface area is 385 Å². The highest BCUT2D eigenvalue weighted by atomic mass is 35.5. The molecule has 1 spiro atoms. The lowest BCUT2D eigenvalue weighted by molar-refractivity contribution is -0.150. The highest BCUT2D eigenvalue weighted by molar-refractivity contribution is 7.89. The summed E-state index contributed by atoms with van der Waals surface area (Å²) in [7, 11) is -0.659. The molecule has 0 amide bonds. The average Bonchev–Trinajstić information content (AvgIpc) is 3.42. The number of carboxylic acids is 1. The lowest BCUT2D eigenvalue weighted by Crippen LogP contribution is -2.51. The number of benzene rings is 3. The maximum absolute atomic E-state index is 15.5. The molecule has 8 rings (SSSR count). The fraction of sp³-hybridized carbons (Fsp3) is 0.460. The molecule has 346 valence electrons. The van der Waals surface area contributed by atoms with Crippen molar-refractivity contribution in [1.82, 2.24) is 9.29 Å². The molecule has 1 unspecified atom stereocenters. The van der Waals surface area contributed by atoms with Gasteiger partial charge in [-0.3, -0.25) is 4.79 Å². The number of aromatic nitrogens is 1. The smallest absolute Gasteiger partial charge is 0.354 e. The van der Waals surface area contributed by atoms with Crippen LogP contribution in [0.4, 0.5) is 10.2 Å². The van der Waals surface area contributed by atoms with Gasteiger partial charge >= 0.3 is 11.9 Å².